The summed E-state index contributed by atoms with van der Waals surface area (Å²) in [5.74, 6) is 1.80. The van der Waals surface area contributed by atoms with Gasteiger partial charge in [0.25, 0.3) is 11.8 Å². The predicted octanol–water partition coefficient (Wildman–Crippen LogP) is 3.18. The summed E-state index contributed by atoms with van der Waals surface area (Å²) in [6.07, 6.45) is 1.81. The number of carbonyl (C=O) groups is 2. The van der Waals surface area contributed by atoms with E-state index in [9.17, 15) is 9.59 Å². The molecule has 3 rings (SSSR count). The number of furan rings is 1. The van der Waals surface area contributed by atoms with Gasteiger partial charge < -0.3 is 14.6 Å². The largest absolute Gasteiger partial charge is 0.466 e. The molecule has 2 aromatic rings. The van der Waals surface area contributed by atoms with Crippen molar-refractivity contribution in [2.24, 2.45) is 5.92 Å². The van der Waals surface area contributed by atoms with E-state index in [2.05, 4.69) is 5.32 Å². The van der Waals surface area contributed by atoms with Crippen molar-refractivity contribution >= 4 is 11.8 Å². The summed E-state index contributed by atoms with van der Waals surface area (Å²) in [6, 6.07) is 11.2. The van der Waals surface area contributed by atoms with E-state index in [-0.39, 0.29) is 11.8 Å². The highest BCUT2D eigenvalue weighted by Gasteiger charge is 2.24. The number of carbonyl (C=O) groups excluding carboxylic acids is 2. The number of nitrogens with zero attached hydrogens (tertiary/aromatic N) is 1. The first kappa shape index (κ1) is 17.3. The van der Waals surface area contributed by atoms with Gasteiger partial charge in [-0.25, -0.2) is 0 Å². The molecule has 0 aliphatic carbocycles. The first-order valence-corrected chi connectivity index (χ1v) is 8.74. The average Bonchev–Trinajstić information content (AvgIpc) is 2.98. The number of aryl methyl sites for hydroxylation is 2. The molecule has 0 saturated carbocycles. The lowest BCUT2D eigenvalue weighted by Gasteiger charge is -2.32. The van der Waals surface area contributed by atoms with Crippen LogP contribution in [-0.2, 0) is 0 Å². The van der Waals surface area contributed by atoms with Crippen molar-refractivity contribution in [3.05, 3.63) is 59.0 Å². The molecule has 1 aliphatic rings. The minimum absolute atomic E-state index is 0.0860. The van der Waals surface area contributed by atoms with Crippen LogP contribution >= 0.6 is 0 Å². The minimum Gasteiger partial charge on any atom is -0.466 e. The molecule has 0 spiro atoms. The smallest absolute Gasteiger partial charge is 0.254 e. The lowest BCUT2D eigenvalue weighted by molar-refractivity contribution is 0.0684. The second-order valence-electron chi connectivity index (χ2n) is 6.64. The fourth-order valence-electron chi connectivity index (χ4n) is 3.29. The normalized spacial score (nSPS) is 15.2. The van der Waals surface area contributed by atoms with E-state index in [4.69, 9.17) is 4.42 Å². The van der Waals surface area contributed by atoms with Gasteiger partial charge in [-0.1, -0.05) is 18.2 Å². The maximum absolute atomic E-state index is 12.4. The summed E-state index contributed by atoms with van der Waals surface area (Å²) in [6.45, 7) is 5.74. The van der Waals surface area contributed by atoms with Crippen LogP contribution < -0.4 is 5.32 Å². The van der Waals surface area contributed by atoms with Crippen LogP contribution in [-0.4, -0.2) is 36.3 Å². The summed E-state index contributed by atoms with van der Waals surface area (Å²) >= 11 is 0. The Morgan fingerprint density at radius 3 is 2.44 bits per heavy atom. The highest BCUT2D eigenvalue weighted by atomic mass is 16.3. The average molecular weight is 340 g/mol. The summed E-state index contributed by atoms with van der Waals surface area (Å²) < 4.78 is 5.40. The second-order valence-corrected chi connectivity index (χ2v) is 6.64. The van der Waals surface area contributed by atoms with Gasteiger partial charge in [-0.05, 0) is 50.8 Å². The molecule has 5 nitrogen and oxygen atoms in total. The van der Waals surface area contributed by atoms with Gasteiger partial charge in [0.2, 0.25) is 0 Å². The van der Waals surface area contributed by atoms with E-state index in [1.807, 2.05) is 42.2 Å². The van der Waals surface area contributed by atoms with Crippen LogP contribution in [0.15, 0.2) is 40.8 Å². The van der Waals surface area contributed by atoms with Crippen LogP contribution in [0.25, 0.3) is 0 Å². The van der Waals surface area contributed by atoms with Gasteiger partial charge >= 0.3 is 0 Å². The molecular weight excluding hydrogens is 316 g/mol. The highest BCUT2D eigenvalue weighted by Crippen LogP contribution is 2.19. The van der Waals surface area contributed by atoms with Crippen LogP contribution in [0.2, 0.25) is 0 Å². The van der Waals surface area contributed by atoms with Gasteiger partial charge in [0.15, 0.2) is 0 Å². The van der Waals surface area contributed by atoms with Crippen LogP contribution in [0, 0.1) is 19.8 Å². The first-order chi connectivity index (χ1) is 12.0. The van der Waals surface area contributed by atoms with Gasteiger partial charge in [-0.15, -0.1) is 0 Å². The van der Waals surface area contributed by atoms with E-state index < -0.39 is 0 Å². The molecule has 2 amide bonds. The maximum Gasteiger partial charge on any atom is 0.254 e. The summed E-state index contributed by atoms with van der Waals surface area (Å²) in [5, 5.41) is 3.00. The molecule has 2 heterocycles. The molecule has 0 unspecified atom stereocenters. The van der Waals surface area contributed by atoms with Crippen LogP contribution in [0.4, 0.5) is 0 Å². The Morgan fingerprint density at radius 2 is 1.84 bits per heavy atom. The Bertz CT molecular complexity index is 744. The van der Waals surface area contributed by atoms with Crippen LogP contribution in [0.1, 0.15) is 45.1 Å². The Labute approximate surface area is 148 Å². The minimum atomic E-state index is -0.0860. The topological polar surface area (TPSA) is 62.6 Å². The number of hydrogen-bond acceptors (Lipinski definition) is 3. The summed E-state index contributed by atoms with van der Waals surface area (Å²) in [7, 11) is 0. The molecule has 1 fully saturated rings. The maximum atomic E-state index is 12.4. The standard InChI is InChI=1S/C20H24N2O3/c1-14-12-18(15(2)25-14)19(23)21-13-16-8-10-22(11-9-16)20(24)17-6-4-3-5-7-17/h3-7,12,16H,8-11,13H2,1-2H3,(H,21,23). The van der Waals surface area contributed by atoms with E-state index in [0.29, 0.717) is 23.8 Å². The van der Waals surface area contributed by atoms with E-state index in [0.717, 1.165) is 37.3 Å². The molecule has 1 aromatic carbocycles. The summed E-state index contributed by atoms with van der Waals surface area (Å²) in [5.41, 5.74) is 1.34. The van der Waals surface area contributed by atoms with E-state index in [1.54, 1.807) is 13.0 Å². The molecule has 1 aliphatic heterocycles. The van der Waals surface area contributed by atoms with E-state index >= 15 is 0 Å². The Balaban J connectivity index is 1.47. The molecule has 1 saturated heterocycles. The monoisotopic (exact) mass is 340 g/mol. The molecular formula is C20H24N2O3. The molecule has 132 valence electrons. The van der Waals surface area contributed by atoms with Crippen molar-refractivity contribution < 1.29 is 14.0 Å². The van der Waals surface area contributed by atoms with E-state index in [1.165, 1.54) is 0 Å². The zero-order valence-corrected chi connectivity index (χ0v) is 14.7. The van der Waals surface area contributed by atoms with Crippen molar-refractivity contribution in [1.29, 1.82) is 0 Å². The SMILES string of the molecule is Cc1cc(C(=O)NCC2CCN(C(=O)c3ccccc3)CC2)c(C)o1. The van der Waals surface area contributed by atoms with Crippen LogP contribution in [0.5, 0.6) is 0 Å². The number of amides is 2. The van der Waals surface area contributed by atoms with Crippen molar-refractivity contribution in [1.82, 2.24) is 10.2 Å². The number of rotatable bonds is 4. The van der Waals surface area contributed by atoms with Crippen molar-refractivity contribution in [2.45, 2.75) is 26.7 Å². The third kappa shape index (κ3) is 4.10. The lowest BCUT2D eigenvalue weighted by Crippen LogP contribution is -2.41. The fourth-order valence-corrected chi connectivity index (χ4v) is 3.29. The molecule has 1 aromatic heterocycles. The van der Waals surface area contributed by atoms with Gasteiger partial charge in [-0.2, -0.15) is 0 Å². The number of likely N-dealkylation sites (tertiary alicyclic amines) is 1. The summed E-state index contributed by atoms with van der Waals surface area (Å²) in [4.78, 5) is 26.6. The third-order valence-electron chi connectivity index (χ3n) is 4.76. The molecule has 25 heavy (non-hydrogen) atoms. The van der Waals surface area contributed by atoms with Crippen molar-refractivity contribution in [3.8, 4) is 0 Å². The zero-order chi connectivity index (χ0) is 17.8. The van der Waals surface area contributed by atoms with Crippen molar-refractivity contribution in [2.75, 3.05) is 19.6 Å². The Hall–Kier alpha value is -2.56. The lowest BCUT2D eigenvalue weighted by atomic mass is 9.96. The van der Waals surface area contributed by atoms with Gasteiger partial charge in [0, 0.05) is 25.2 Å². The molecule has 0 atom stereocenters. The van der Waals surface area contributed by atoms with Gasteiger partial charge in [0.1, 0.15) is 11.5 Å². The number of benzene rings is 1. The Kier molecular flexibility index (Phi) is 5.22. The second kappa shape index (κ2) is 7.55. The van der Waals surface area contributed by atoms with Gasteiger partial charge in [0.05, 0.1) is 5.56 Å². The quantitative estimate of drug-likeness (QED) is 0.930. The molecule has 1 N–H and O–H groups in total. The first-order valence-electron chi connectivity index (χ1n) is 8.74. The predicted molar refractivity (Wildman–Crippen MR) is 95.6 cm³/mol. The van der Waals surface area contributed by atoms with Crippen molar-refractivity contribution in [3.63, 3.8) is 0 Å². The fraction of sp³-hybridized carbons (Fsp3) is 0.400. The van der Waals surface area contributed by atoms with Crippen LogP contribution in [0.3, 0.4) is 0 Å². The molecule has 0 bridgehead atoms. The molecule has 0 radical (unpaired) electrons. The number of piperidine rings is 1. The molecule has 5 heteroatoms. The zero-order valence-electron chi connectivity index (χ0n) is 14.7. The highest BCUT2D eigenvalue weighted by molar-refractivity contribution is 5.95. The number of hydrogen-bond donors (Lipinski definition) is 1. The third-order valence-corrected chi connectivity index (χ3v) is 4.76. The Morgan fingerprint density at radius 1 is 1.16 bits per heavy atom. The van der Waals surface area contributed by atoms with Gasteiger partial charge in [-0.3, -0.25) is 9.59 Å². The number of nitrogens with one attached hydrogen (secondary N) is 1.